The van der Waals surface area contributed by atoms with E-state index in [0.717, 1.165) is 49.7 Å². The summed E-state index contributed by atoms with van der Waals surface area (Å²) in [4.78, 5) is 90.3. The van der Waals surface area contributed by atoms with Crippen molar-refractivity contribution in [3.05, 3.63) is 131 Å². The number of likely N-dealkylation sites (tertiary alicyclic amines) is 2. The minimum atomic E-state index is -3.21. The van der Waals surface area contributed by atoms with E-state index >= 15 is 17.6 Å². The van der Waals surface area contributed by atoms with Crippen LogP contribution in [0.25, 0.3) is 11.1 Å². The second kappa shape index (κ2) is 28.1. The Labute approximate surface area is 480 Å². The Balaban J connectivity index is 1.00. The zero-order valence-corrected chi connectivity index (χ0v) is 47.9. The molecule has 4 fully saturated rings. The molecule has 4 aromatic rings. The van der Waals surface area contributed by atoms with Gasteiger partial charge in [-0.1, -0.05) is 123 Å². The van der Waals surface area contributed by atoms with Crippen LogP contribution in [0, 0.1) is 11.8 Å². The minimum Gasteiger partial charge on any atom is -0.343 e. The molecule has 2 saturated heterocycles. The highest BCUT2D eigenvalue weighted by molar-refractivity contribution is 5.96. The number of carbonyl (C=O) groups excluding carboxylic acids is 6. The summed E-state index contributed by atoms with van der Waals surface area (Å²) in [6.07, 6.45) is 7.79. The lowest BCUT2D eigenvalue weighted by Crippen LogP contribution is -2.57. The van der Waals surface area contributed by atoms with Gasteiger partial charge in [0.15, 0.2) is 0 Å². The molecule has 8 rings (SSSR count). The number of rotatable bonds is 23. The molecule has 0 radical (unpaired) electrons. The molecule has 0 spiro atoms. The highest BCUT2D eigenvalue weighted by Gasteiger charge is 2.52. The lowest BCUT2D eigenvalue weighted by molar-refractivity contribution is -0.140. The van der Waals surface area contributed by atoms with Crippen LogP contribution in [0.15, 0.2) is 109 Å². The van der Waals surface area contributed by atoms with Crippen LogP contribution in [0.1, 0.15) is 123 Å². The molecular formula is C64H82F4N8O6. The van der Waals surface area contributed by atoms with Gasteiger partial charge in [0.05, 0.1) is 37.3 Å². The maximum atomic E-state index is 15.6. The van der Waals surface area contributed by atoms with Gasteiger partial charge in [0.1, 0.15) is 12.1 Å². The third kappa shape index (κ3) is 15.9. The molecule has 442 valence electrons. The Morgan fingerprint density at radius 2 is 0.854 bits per heavy atom. The summed E-state index contributed by atoms with van der Waals surface area (Å²) in [5.74, 6) is -9.55. The van der Waals surface area contributed by atoms with Gasteiger partial charge in [-0.15, -0.1) is 0 Å². The minimum absolute atomic E-state index is 0.155. The Kier molecular flexibility index (Phi) is 21.0. The second-order valence-electron chi connectivity index (χ2n) is 23.3. The van der Waals surface area contributed by atoms with Gasteiger partial charge in [-0.05, 0) is 125 Å². The molecule has 4 aromatic carbocycles. The van der Waals surface area contributed by atoms with E-state index in [1.165, 1.54) is 19.6 Å². The normalized spacial score (nSPS) is 20.5. The molecule has 2 saturated carbocycles. The zero-order valence-electron chi connectivity index (χ0n) is 47.9. The first kappa shape index (κ1) is 61.4. The van der Waals surface area contributed by atoms with Gasteiger partial charge in [-0.25, -0.2) is 17.6 Å². The van der Waals surface area contributed by atoms with Crippen LogP contribution in [0.5, 0.6) is 0 Å². The zero-order chi connectivity index (χ0) is 58.6. The van der Waals surface area contributed by atoms with Crippen LogP contribution in [-0.2, 0) is 32.0 Å². The second-order valence-corrected chi connectivity index (χ2v) is 23.3. The molecule has 6 amide bonds. The molecule has 4 aliphatic rings. The van der Waals surface area contributed by atoms with E-state index in [9.17, 15) is 28.8 Å². The molecule has 0 bridgehead atoms. The van der Waals surface area contributed by atoms with Crippen molar-refractivity contribution < 1.29 is 46.3 Å². The number of hydrogen-bond acceptors (Lipinski definition) is 8. The van der Waals surface area contributed by atoms with Crippen molar-refractivity contribution in [2.45, 2.75) is 152 Å². The lowest BCUT2D eigenvalue weighted by atomic mass is 9.83. The number of carbonyl (C=O) groups is 6. The summed E-state index contributed by atoms with van der Waals surface area (Å²) >= 11 is 0. The number of benzene rings is 4. The highest BCUT2D eigenvalue weighted by atomic mass is 19.3. The van der Waals surface area contributed by atoms with Gasteiger partial charge in [0, 0.05) is 50.1 Å². The number of alkyl halides is 4. The molecule has 6 atom stereocenters. The van der Waals surface area contributed by atoms with Gasteiger partial charge >= 0.3 is 0 Å². The summed E-state index contributed by atoms with van der Waals surface area (Å²) < 4.78 is 62.5. The molecule has 18 heteroatoms. The van der Waals surface area contributed by atoms with Crippen LogP contribution in [0.4, 0.5) is 17.6 Å². The van der Waals surface area contributed by atoms with Crippen molar-refractivity contribution in [2.24, 2.45) is 11.8 Å². The van der Waals surface area contributed by atoms with Crippen molar-refractivity contribution in [3.63, 3.8) is 0 Å². The largest absolute Gasteiger partial charge is 0.343 e. The molecule has 82 heavy (non-hydrogen) atoms. The summed E-state index contributed by atoms with van der Waals surface area (Å²) in [6, 6.07) is 27.5. The molecule has 2 aliphatic heterocycles. The number of hydrogen-bond donors (Lipinski definition) is 4. The number of amides is 6. The van der Waals surface area contributed by atoms with Crippen LogP contribution in [0.2, 0.25) is 0 Å². The molecule has 0 unspecified atom stereocenters. The van der Waals surface area contributed by atoms with E-state index in [1.807, 2.05) is 60.7 Å². The van der Waals surface area contributed by atoms with Crippen LogP contribution in [0.3, 0.4) is 0 Å². The third-order valence-electron chi connectivity index (χ3n) is 17.4. The van der Waals surface area contributed by atoms with Crippen molar-refractivity contribution >= 4 is 35.4 Å². The fourth-order valence-corrected chi connectivity index (χ4v) is 12.4. The third-order valence-corrected chi connectivity index (χ3v) is 17.4. The van der Waals surface area contributed by atoms with Crippen molar-refractivity contribution in [1.82, 2.24) is 40.9 Å². The molecule has 2 aliphatic carbocycles. The Morgan fingerprint density at radius 1 is 0.512 bits per heavy atom. The van der Waals surface area contributed by atoms with E-state index in [-0.39, 0.29) is 49.8 Å². The fourth-order valence-electron chi connectivity index (χ4n) is 12.4. The number of likely N-dealkylation sites (N-methyl/N-ethyl adjacent to an activating group) is 2. The Hall–Kier alpha value is -6.66. The van der Waals surface area contributed by atoms with Crippen LogP contribution in [-0.4, -0.2) is 157 Å². The molecule has 14 nitrogen and oxygen atoms in total. The number of nitrogens with zero attached hydrogens (tertiary/aromatic N) is 4. The topological polar surface area (TPSA) is 163 Å². The molecule has 0 aromatic heterocycles. The predicted octanol–water partition coefficient (Wildman–Crippen LogP) is 8.54. The fraction of sp³-hybridized carbons (Fsp3) is 0.531. The average molecular weight is 1140 g/mol. The van der Waals surface area contributed by atoms with E-state index < -0.39 is 97.7 Å². The van der Waals surface area contributed by atoms with Gasteiger partial charge in [-0.3, -0.25) is 28.8 Å². The quantitative estimate of drug-likeness (QED) is 0.0538. The van der Waals surface area contributed by atoms with Gasteiger partial charge in [-0.2, -0.15) is 0 Å². The van der Waals surface area contributed by atoms with Crippen molar-refractivity contribution in [2.75, 3.05) is 53.4 Å². The summed E-state index contributed by atoms with van der Waals surface area (Å²) in [6.45, 7) is 1.77. The van der Waals surface area contributed by atoms with E-state index in [4.69, 9.17) is 0 Å². The Bertz CT molecular complexity index is 2590. The summed E-state index contributed by atoms with van der Waals surface area (Å²) in [7, 11) is 3.27. The average Bonchev–Trinajstić information content (AvgIpc) is 4.06. The predicted molar refractivity (Wildman–Crippen MR) is 308 cm³/mol. The van der Waals surface area contributed by atoms with Crippen molar-refractivity contribution in [1.29, 1.82) is 0 Å². The van der Waals surface area contributed by atoms with Crippen LogP contribution >= 0.6 is 0 Å². The summed E-state index contributed by atoms with van der Waals surface area (Å²) in [5, 5.41) is 11.6. The van der Waals surface area contributed by atoms with E-state index in [0.29, 0.717) is 60.8 Å². The van der Waals surface area contributed by atoms with Gasteiger partial charge in [0.2, 0.25) is 23.6 Å². The van der Waals surface area contributed by atoms with E-state index in [1.54, 1.807) is 76.5 Å². The van der Waals surface area contributed by atoms with Gasteiger partial charge < -0.3 is 40.9 Å². The smallest absolute Gasteiger partial charge is 0.267 e. The van der Waals surface area contributed by atoms with Gasteiger partial charge in [0.25, 0.3) is 23.7 Å². The first-order valence-electron chi connectivity index (χ1n) is 29.5. The lowest BCUT2D eigenvalue weighted by Gasteiger charge is -2.36. The summed E-state index contributed by atoms with van der Waals surface area (Å²) in [5.41, 5.74) is 3.93. The van der Waals surface area contributed by atoms with Crippen LogP contribution < -0.4 is 21.3 Å². The highest BCUT2D eigenvalue weighted by Crippen LogP contribution is 2.38. The molecular weight excluding hydrogens is 1050 g/mol. The first-order valence-corrected chi connectivity index (χ1v) is 29.5. The maximum absolute atomic E-state index is 15.6. The maximum Gasteiger partial charge on any atom is 0.267 e. The number of nitrogens with one attached hydrogen (secondary N) is 4. The molecule has 4 N–H and O–H groups in total. The Morgan fingerprint density at radius 3 is 1.18 bits per heavy atom. The first-order chi connectivity index (χ1) is 39.3. The monoisotopic (exact) mass is 1130 g/mol. The molecule has 2 heterocycles. The number of halogens is 4. The van der Waals surface area contributed by atoms with E-state index in [2.05, 4.69) is 21.3 Å². The van der Waals surface area contributed by atoms with Crippen molar-refractivity contribution in [3.8, 4) is 11.1 Å². The SMILES string of the molecule is CN[C@@H](C)C(=O)N[C@H](C(=O)N1CC(F)(F)C[C@H]1CN(CCc1ccccc1)C(=O)c1ccc(-c2ccc(C(=O)N(CCc3ccccc3)C[C@@H]3CC(F)(F)CN3C(=O)[C@@H](NC(=O)[C@H](C)NC)C3CCCCC3)cc2)cc1)C1CCCCC1. The standard InChI is InChI=1S/C64H82F4N8O6/c1-43(69-3)57(77)71-55(49-21-13-7-14-22-49)61(81)75-41-63(65,66)37-53(75)39-73(35-33-45-17-9-5-10-18-45)59(79)51-29-25-47(26-30-51)48-27-31-52(32-28-48)60(80)74(36-34-46-19-11-6-12-20-46)40-54-38-64(67,68)42-76(54)62(82)56(50-23-15-8-16-24-50)72-58(78)44(2)70-4/h5-6,9-12,17-20,25-32,43-44,49-50,53-56,69-70H,7-8,13-16,21-24,33-42H2,1-4H3,(H,71,77)(H,72,78)/t43-,44-,53-,54-,55-,56-/m0/s1.